The van der Waals surface area contributed by atoms with Crippen molar-refractivity contribution in [1.82, 2.24) is 0 Å². The van der Waals surface area contributed by atoms with Crippen molar-refractivity contribution >= 4 is 10.1 Å². The average Bonchev–Trinajstić information content (AvgIpc) is 2.38. The van der Waals surface area contributed by atoms with E-state index in [2.05, 4.69) is 0 Å². The maximum atomic E-state index is 10.1. The molecular weight excluding hydrogens is 144 g/mol. The van der Waals surface area contributed by atoms with E-state index in [0.717, 1.165) is 0 Å². The molecule has 54 valence electrons. The van der Waals surface area contributed by atoms with Gasteiger partial charge in [0, 0.05) is 0 Å². The third kappa shape index (κ3) is 3.45. The number of rotatable bonds is 3. The van der Waals surface area contributed by atoms with Crippen LogP contribution in [0.3, 0.4) is 0 Å². The zero-order valence-electron chi connectivity index (χ0n) is 4.78. The molecule has 0 radical (unpaired) electrons. The fourth-order valence-corrected chi connectivity index (χ4v) is 1.08. The van der Waals surface area contributed by atoms with Crippen molar-refractivity contribution < 1.29 is 17.7 Å². The Hall–Kier alpha value is -0.130. The van der Waals surface area contributed by atoms with Crippen LogP contribution in [-0.4, -0.2) is 31.4 Å². The summed E-state index contributed by atoms with van der Waals surface area (Å²) in [5.74, 6) is -0.183. The molecule has 1 rings (SSSR count). The van der Waals surface area contributed by atoms with Gasteiger partial charge in [0.2, 0.25) is 0 Å². The monoisotopic (exact) mass is 152 g/mol. The smallest absolute Gasteiger partial charge is 0.264 e. The highest BCUT2D eigenvalue weighted by Crippen LogP contribution is 2.13. The third-order valence-corrected chi connectivity index (χ3v) is 1.85. The van der Waals surface area contributed by atoms with Gasteiger partial charge in [-0.05, 0) is 6.42 Å². The van der Waals surface area contributed by atoms with Gasteiger partial charge >= 0.3 is 0 Å². The van der Waals surface area contributed by atoms with E-state index >= 15 is 0 Å². The normalized spacial score (nSPS) is 26.1. The second kappa shape index (κ2) is 2.24. The lowest BCUT2D eigenvalue weighted by atomic mass is 10.4. The van der Waals surface area contributed by atoms with E-state index in [-0.39, 0.29) is 11.9 Å². The highest BCUT2D eigenvalue weighted by Gasteiger charge is 2.23. The summed E-state index contributed by atoms with van der Waals surface area (Å²) >= 11 is 0. The lowest BCUT2D eigenvalue weighted by Gasteiger charge is -1.90. The van der Waals surface area contributed by atoms with Gasteiger partial charge in [0.25, 0.3) is 10.1 Å². The molecule has 1 fully saturated rings. The van der Waals surface area contributed by atoms with Gasteiger partial charge in [-0.3, -0.25) is 4.55 Å². The molecule has 9 heavy (non-hydrogen) atoms. The fraction of sp³-hybridized carbons (Fsp3) is 1.00. The first-order valence-electron chi connectivity index (χ1n) is 2.65. The van der Waals surface area contributed by atoms with Crippen molar-refractivity contribution in [2.75, 3.05) is 12.4 Å². The summed E-state index contributed by atoms with van der Waals surface area (Å²) in [5, 5.41) is 0. The number of ether oxygens (including phenoxy) is 1. The van der Waals surface area contributed by atoms with Gasteiger partial charge < -0.3 is 4.74 Å². The molecule has 1 heterocycles. The van der Waals surface area contributed by atoms with Crippen molar-refractivity contribution in [2.45, 2.75) is 12.5 Å². The van der Waals surface area contributed by atoms with Gasteiger partial charge in [0.15, 0.2) is 0 Å². The van der Waals surface area contributed by atoms with Crippen LogP contribution >= 0.6 is 0 Å². The van der Waals surface area contributed by atoms with E-state index in [4.69, 9.17) is 9.29 Å². The number of hydrogen-bond donors (Lipinski definition) is 1. The number of hydrogen-bond acceptors (Lipinski definition) is 3. The van der Waals surface area contributed by atoms with Crippen LogP contribution in [0, 0.1) is 0 Å². The predicted octanol–water partition coefficient (Wildman–Crippen LogP) is -0.337. The standard InChI is InChI=1S/C4H8O4S/c5-9(6,7)2-1-4-3-8-4/h4H,1-3H2,(H,5,6,7)/t4-/m1/s1. The van der Waals surface area contributed by atoms with E-state index in [1.54, 1.807) is 0 Å². The molecule has 0 aromatic heterocycles. The van der Waals surface area contributed by atoms with Gasteiger partial charge in [-0.15, -0.1) is 0 Å². The molecule has 1 aliphatic heterocycles. The Balaban J connectivity index is 2.18. The molecule has 4 nitrogen and oxygen atoms in total. The third-order valence-electron chi connectivity index (χ3n) is 1.10. The molecule has 0 amide bonds. The molecule has 1 saturated heterocycles. The van der Waals surface area contributed by atoms with Crippen molar-refractivity contribution in [3.05, 3.63) is 0 Å². The summed E-state index contributed by atoms with van der Waals surface area (Å²) < 4.78 is 33.1. The summed E-state index contributed by atoms with van der Waals surface area (Å²) in [6.45, 7) is 0.634. The molecule has 0 bridgehead atoms. The highest BCUT2D eigenvalue weighted by molar-refractivity contribution is 7.85. The molecule has 0 saturated carbocycles. The van der Waals surface area contributed by atoms with Crippen molar-refractivity contribution in [3.8, 4) is 0 Å². The minimum absolute atomic E-state index is 0.0759. The Kier molecular flexibility index (Phi) is 1.74. The number of epoxide rings is 1. The predicted molar refractivity (Wildman–Crippen MR) is 30.8 cm³/mol. The van der Waals surface area contributed by atoms with E-state index in [0.29, 0.717) is 13.0 Å². The maximum absolute atomic E-state index is 10.1. The zero-order chi connectivity index (χ0) is 6.91. The first-order chi connectivity index (χ1) is 4.08. The van der Waals surface area contributed by atoms with Gasteiger partial charge in [0.1, 0.15) is 0 Å². The van der Waals surface area contributed by atoms with E-state index in [1.807, 2.05) is 0 Å². The van der Waals surface area contributed by atoms with Crippen LogP contribution in [0.4, 0.5) is 0 Å². The summed E-state index contributed by atoms with van der Waals surface area (Å²) in [6.07, 6.45) is 0.491. The molecule has 5 heteroatoms. The first kappa shape index (κ1) is 6.98. The van der Waals surface area contributed by atoms with Crippen molar-refractivity contribution in [1.29, 1.82) is 0 Å². The maximum Gasteiger partial charge on any atom is 0.264 e. The van der Waals surface area contributed by atoms with Gasteiger partial charge in [-0.25, -0.2) is 0 Å². The fourth-order valence-electron chi connectivity index (χ4n) is 0.515. The Bertz CT molecular complexity index is 179. The van der Waals surface area contributed by atoms with Gasteiger partial charge in [0.05, 0.1) is 18.5 Å². The lowest BCUT2D eigenvalue weighted by molar-refractivity contribution is 0.399. The minimum Gasteiger partial charge on any atom is -0.373 e. The van der Waals surface area contributed by atoms with Gasteiger partial charge in [-0.1, -0.05) is 0 Å². The van der Waals surface area contributed by atoms with E-state index in [9.17, 15) is 8.42 Å². The Morgan fingerprint density at radius 2 is 2.22 bits per heavy atom. The van der Waals surface area contributed by atoms with Crippen LogP contribution in [0.5, 0.6) is 0 Å². The molecule has 1 atom stereocenters. The van der Waals surface area contributed by atoms with Crippen LogP contribution in [0.2, 0.25) is 0 Å². The first-order valence-corrected chi connectivity index (χ1v) is 4.25. The summed E-state index contributed by atoms with van der Waals surface area (Å²) in [7, 11) is -3.76. The lowest BCUT2D eigenvalue weighted by Crippen LogP contribution is -2.05. The molecule has 0 aromatic carbocycles. The molecular formula is C4H8O4S. The quantitative estimate of drug-likeness (QED) is 0.444. The second-order valence-corrected chi connectivity index (χ2v) is 3.60. The van der Waals surface area contributed by atoms with Crippen LogP contribution < -0.4 is 0 Å². The molecule has 0 unspecified atom stereocenters. The van der Waals surface area contributed by atoms with Gasteiger partial charge in [-0.2, -0.15) is 8.42 Å². The highest BCUT2D eigenvalue weighted by atomic mass is 32.2. The molecule has 0 aliphatic carbocycles. The summed E-state index contributed by atoms with van der Waals surface area (Å²) in [4.78, 5) is 0. The molecule has 1 N–H and O–H groups in total. The summed E-state index contributed by atoms with van der Waals surface area (Å²) in [6, 6.07) is 0. The van der Waals surface area contributed by atoms with E-state index < -0.39 is 10.1 Å². The minimum atomic E-state index is -3.76. The zero-order valence-corrected chi connectivity index (χ0v) is 5.60. The van der Waals surface area contributed by atoms with Crippen molar-refractivity contribution in [2.24, 2.45) is 0 Å². The largest absolute Gasteiger partial charge is 0.373 e. The Labute approximate surface area is 53.6 Å². The van der Waals surface area contributed by atoms with Crippen LogP contribution in [0.15, 0.2) is 0 Å². The topological polar surface area (TPSA) is 66.9 Å². The summed E-state index contributed by atoms with van der Waals surface area (Å²) in [5.41, 5.74) is 0. The van der Waals surface area contributed by atoms with Crippen LogP contribution in [0.25, 0.3) is 0 Å². The van der Waals surface area contributed by atoms with Crippen LogP contribution in [-0.2, 0) is 14.9 Å². The molecule has 0 spiro atoms. The molecule has 0 aromatic rings. The van der Waals surface area contributed by atoms with Crippen LogP contribution in [0.1, 0.15) is 6.42 Å². The average molecular weight is 152 g/mol. The Morgan fingerprint density at radius 1 is 1.67 bits per heavy atom. The Morgan fingerprint density at radius 3 is 2.56 bits per heavy atom. The second-order valence-electron chi connectivity index (χ2n) is 2.03. The SMILES string of the molecule is O=S(=O)(O)CC[C@@H]1CO1. The molecule has 1 aliphatic rings. The van der Waals surface area contributed by atoms with Crippen molar-refractivity contribution in [3.63, 3.8) is 0 Å². The van der Waals surface area contributed by atoms with E-state index in [1.165, 1.54) is 0 Å².